The van der Waals surface area contributed by atoms with Crippen LogP contribution < -0.4 is 10.2 Å². The molecule has 178 valence electrons. The number of aromatic nitrogens is 2. The topological polar surface area (TPSA) is 53.4 Å². The Kier molecular flexibility index (Phi) is 6.61. The molecule has 3 heterocycles. The van der Waals surface area contributed by atoms with Gasteiger partial charge in [-0.1, -0.05) is 11.6 Å². The molecule has 2 aliphatic rings. The predicted octanol–water partition coefficient (Wildman–Crippen LogP) is 4.08. The zero-order valence-corrected chi connectivity index (χ0v) is 20.5. The van der Waals surface area contributed by atoms with Crippen molar-refractivity contribution in [2.75, 3.05) is 44.2 Å². The number of amides is 1. The fourth-order valence-corrected chi connectivity index (χ4v) is 5.85. The van der Waals surface area contributed by atoms with Crippen LogP contribution in [0.3, 0.4) is 0 Å². The number of carbonyl (C=O) groups is 1. The predicted molar refractivity (Wildman–Crippen MR) is 135 cm³/mol. The highest BCUT2D eigenvalue weighted by Crippen LogP contribution is 2.42. The number of fused-ring (bicyclic) bond motifs is 3. The van der Waals surface area contributed by atoms with Crippen molar-refractivity contribution in [3.05, 3.63) is 65.1 Å². The number of piperazine rings is 1. The molecule has 1 aromatic heterocycles. The largest absolute Gasteiger partial charge is 0.369 e. The van der Waals surface area contributed by atoms with Crippen LogP contribution in [0.4, 0.5) is 10.1 Å². The fraction of sp³-hybridized carbons (Fsp3) is 0.385. The highest BCUT2D eigenvalue weighted by atomic mass is 32.2. The number of carbonyl (C=O) groups excluding carboxylic acids is 1. The number of rotatable bonds is 6. The summed E-state index contributed by atoms with van der Waals surface area (Å²) in [6, 6.07) is 13.2. The fourth-order valence-electron chi connectivity index (χ4n) is 4.80. The molecule has 2 aromatic carbocycles. The third kappa shape index (κ3) is 4.70. The number of nitrogens with zero attached hydrogens (tertiary/aromatic N) is 4. The highest BCUT2D eigenvalue weighted by molar-refractivity contribution is 7.98. The molecule has 1 saturated heterocycles. The molecule has 34 heavy (non-hydrogen) atoms. The van der Waals surface area contributed by atoms with Gasteiger partial charge in [-0.05, 0) is 56.3 Å². The van der Waals surface area contributed by atoms with E-state index in [1.807, 2.05) is 23.9 Å². The molecule has 1 amide bonds. The van der Waals surface area contributed by atoms with Gasteiger partial charge >= 0.3 is 0 Å². The summed E-state index contributed by atoms with van der Waals surface area (Å²) in [5.74, 6) is 0.476. The van der Waals surface area contributed by atoms with Crippen LogP contribution in [0.1, 0.15) is 28.0 Å². The van der Waals surface area contributed by atoms with Gasteiger partial charge in [0.25, 0.3) is 5.91 Å². The first-order chi connectivity index (χ1) is 16.5. The number of hydrogen-bond donors (Lipinski definition) is 1. The van der Waals surface area contributed by atoms with Crippen LogP contribution in [0.5, 0.6) is 0 Å². The standard InChI is InChI=1S/C26H30FN5OS/c1-18-4-9-23-21(16-18)25-22(17-34-23)24(29-30(25)2)26(33)28-10-3-11-31-12-14-32(15-13-31)20-7-5-19(27)6-8-20/h4-9,16H,3,10-15,17H2,1-2H3,(H,28,33). The number of thioether (sulfide) groups is 1. The maximum absolute atomic E-state index is 13.1. The van der Waals surface area contributed by atoms with Crippen LogP contribution in [0.2, 0.25) is 0 Å². The Morgan fingerprint density at radius 2 is 1.88 bits per heavy atom. The summed E-state index contributed by atoms with van der Waals surface area (Å²) in [4.78, 5) is 18.9. The third-order valence-corrected chi connectivity index (χ3v) is 7.72. The van der Waals surface area contributed by atoms with Gasteiger partial charge in [0.1, 0.15) is 5.82 Å². The molecule has 6 nitrogen and oxygen atoms in total. The molecule has 0 unspecified atom stereocenters. The second-order valence-electron chi connectivity index (χ2n) is 9.00. The van der Waals surface area contributed by atoms with Gasteiger partial charge in [0.15, 0.2) is 5.69 Å². The van der Waals surface area contributed by atoms with Crippen LogP contribution >= 0.6 is 11.8 Å². The first-order valence-corrected chi connectivity index (χ1v) is 12.8. The molecular weight excluding hydrogens is 449 g/mol. The molecule has 0 bridgehead atoms. The molecule has 0 atom stereocenters. The van der Waals surface area contributed by atoms with Gasteiger partial charge in [-0.25, -0.2) is 4.39 Å². The average molecular weight is 480 g/mol. The van der Waals surface area contributed by atoms with E-state index in [4.69, 9.17) is 0 Å². The van der Waals surface area contributed by atoms with E-state index in [0.717, 1.165) is 61.8 Å². The lowest BCUT2D eigenvalue weighted by Crippen LogP contribution is -2.47. The maximum Gasteiger partial charge on any atom is 0.272 e. The summed E-state index contributed by atoms with van der Waals surface area (Å²) >= 11 is 1.77. The molecule has 2 aliphatic heterocycles. The number of benzene rings is 2. The molecule has 8 heteroatoms. The maximum atomic E-state index is 13.1. The lowest BCUT2D eigenvalue weighted by molar-refractivity contribution is 0.0945. The van der Waals surface area contributed by atoms with Crippen molar-refractivity contribution in [2.24, 2.45) is 7.05 Å². The minimum absolute atomic E-state index is 0.0883. The van der Waals surface area contributed by atoms with E-state index in [0.29, 0.717) is 12.2 Å². The number of aryl methyl sites for hydroxylation is 2. The lowest BCUT2D eigenvalue weighted by atomic mass is 10.0. The smallest absolute Gasteiger partial charge is 0.272 e. The number of halogens is 1. The number of anilines is 1. The molecule has 0 aliphatic carbocycles. The zero-order valence-electron chi connectivity index (χ0n) is 19.7. The quantitative estimate of drug-likeness (QED) is 0.540. The molecule has 0 saturated carbocycles. The second-order valence-corrected chi connectivity index (χ2v) is 10.0. The Hall–Kier alpha value is -2.84. The molecular formula is C26H30FN5OS. The normalized spacial score (nSPS) is 15.7. The second kappa shape index (κ2) is 9.80. The van der Waals surface area contributed by atoms with Gasteiger partial charge in [0.05, 0.1) is 5.69 Å². The third-order valence-electron chi connectivity index (χ3n) is 6.62. The summed E-state index contributed by atoms with van der Waals surface area (Å²) in [5, 5.41) is 7.66. The van der Waals surface area contributed by atoms with Crippen LogP contribution in [-0.4, -0.2) is 59.9 Å². The highest BCUT2D eigenvalue weighted by Gasteiger charge is 2.27. The van der Waals surface area contributed by atoms with E-state index in [2.05, 4.69) is 45.3 Å². The van der Waals surface area contributed by atoms with Gasteiger partial charge in [-0.3, -0.25) is 14.4 Å². The van der Waals surface area contributed by atoms with Crippen LogP contribution in [0.15, 0.2) is 47.4 Å². The van der Waals surface area contributed by atoms with E-state index in [1.54, 1.807) is 11.8 Å². The van der Waals surface area contributed by atoms with Gasteiger partial charge < -0.3 is 10.2 Å². The van der Waals surface area contributed by atoms with Crippen molar-refractivity contribution in [3.8, 4) is 11.3 Å². The van der Waals surface area contributed by atoms with Crippen molar-refractivity contribution in [1.29, 1.82) is 0 Å². The summed E-state index contributed by atoms with van der Waals surface area (Å²) < 4.78 is 15.0. The average Bonchev–Trinajstić information content (AvgIpc) is 3.19. The molecule has 0 radical (unpaired) electrons. The number of nitrogens with one attached hydrogen (secondary N) is 1. The van der Waals surface area contributed by atoms with Gasteiger partial charge in [0, 0.05) is 67.2 Å². The van der Waals surface area contributed by atoms with E-state index >= 15 is 0 Å². The van der Waals surface area contributed by atoms with Gasteiger partial charge in [-0.15, -0.1) is 11.8 Å². The van der Waals surface area contributed by atoms with Crippen molar-refractivity contribution in [2.45, 2.75) is 24.0 Å². The van der Waals surface area contributed by atoms with Crippen molar-refractivity contribution in [1.82, 2.24) is 20.0 Å². The van der Waals surface area contributed by atoms with Gasteiger partial charge in [0.2, 0.25) is 0 Å². The minimum Gasteiger partial charge on any atom is -0.369 e. The summed E-state index contributed by atoms with van der Waals surface area (Å²) in [6.45, 7) is 7.45. The summed E-state index contributed by atoms with van der Waals surface area (Å²) in [7, 11) is 1.92. The molecule has 3 aromatic rings. The Balaban J connectivity index is 1.12. The van der Waals surface area contributed by atoms with Gasteiger partial charge in [-0.2, -0.15) is 5.10 Å². The lowest BCUT2D eigenvalue weighted by Gasteiger charge is -2.36. The van der Waals surface area contributed by atoms with E-state index in [-0.39, 0.29) is 11.7 Å². The molecule has 1 fully saturated rings. The Morgan fingerprint density at radius 1 is 1.12 bits per heavy atom. The molecule has 0 spiro atoms. The zero-order chi connectivity index (χ0) is 23.7. The SMILES string of the molecule is Cc1ccc2c(c1)-c1c(c(C(=O)NCCCN3CCN(c4ccc(F)cc4)CC3)nn1C)CS2. The first kappa shape index (κ1) is 22.9. The molecule has 1 N–H and O–H groups in total. The van der Waals surface area contributed by atoms with E-state index < -0.39 is 0 Å². The van der Waals surface area contributed by atoms with E-state index in [9.17, 15) is 9.18 Å². The van der Waals surface area contributed by atoms with Crippen molar-refractivity contribution >= 4 is 23.4 Å². The van der Waals surface area contributed by atoms with Crippen molar-refractivity contribution < 1.29 is 9.18 Å². The van der Waals surface area contributed by atoms with Crippen LogP contribution in [0, 0.1) is 12.7 Å². The van der Waals surface area contributed by atoms with E-state index in [1.165, 1.54) is 28.2 Å². The monoisotopic (exact) mass is 479 g/mol. The summed E-state index contributed by atoms with van der Waals surface area (Å²) in [5.41, 5.74) is 6.08. The summed E-state index contributed by atoms with van der Waals surface area (Å²) in [6.07, 6.45) is 0.897. The van der Waals surface area contributed by atoms with Crippen LogP contribution in [0.25, 0.3) is 11.3 Å². The van der Waals surface area contributed by atoms with Crippen LogP contribution in [-0.2, 0) is 12.8 Å². The first-order valence-electron chi connectivity index (χ1n) is 11.8. The Bertz CT molecular complexity index is 1180. The Labute approximate surface area is 204 Å². The Morgan fingerprint density at radius 3 is 2.65 bits per heavy atom. The van der Waals surface area contributed by atoms with Crippen molar-refractivity contribution in [3.63, 3.8) is 0 Å². The molecule has 5 rings (SSSR count). The number of hydrogen-bond acceptors (Lipinski definition) is 5. The minimum atomic E-state index is -0.200.